The lowest BCUT2D eigenvalue weighted by Crippen LogP contribution is -2.33. The average Bonchev–Trinajstić information content (AvgIpc) is 3.62. The molecule has 11 heteroatoms. The number of nitrogens with zero attached hydrogens (tertiary/aromatic N) is 8. The van der Waals surface area contributed by atoms with Gasteiger partial charge in [0.15, 0.2) is 0 Å². The summed E-state index contributed by atoms with van der Waals surface area (Å²) < 4.78 is 2.82. The molecule has 2 aliphatic rings. The number of benzene rings is 2. The van der Waals surface area contributed by atoms with E-state index in [2.05, 4.69) is 44.2 Å². The molecule has 226 valence electrons. The zero-order valence-corrected chi connectivity index (χ0v) is 25.1. The molecule has 0 spiro atoms. The Labute approximate surface area is 260 Å². The maximum atomic E-state index is 13.5. The first kappa shape index (κ1) is 28.2. The van der Waals surface area contributed by atoms with Crippen LogP contribution in [0.15, 0.2) is 90.4 Å². The molecule has 0 saturated carbocycles. The topological polar surface area (TPSA) is 109 Å². The fourth-order valence-corrected chi connectivity index (χ4v) is 6.16. The van der Waals surface area contributed by atoms with E-state index in [1.54, 1.807) is 35.4 Å². The maximum Gasteiger partial charge on any atom is 0.350 e. The molecule has 2 amide bonds. The Kier molecular flexibility index (Phi) is 7.20. The van der Waals surface area contributed by atoms with Crippen LogP contribution in [-0.2, 0) is 11.8 Å². The van der Waals surface area contributed by atoms with Crippen LogP contribution < -0.4 is 20.4 Å². The molecule has 0 radical (unpaired) electrons. The molecule has 0 atom stereocenters. The van der Waals surface area contributed by atoms with Gasteiger partial charge in [0.05, 0.1) is 17.6 Å². The third-order valence-corrected chi connectivity index (χ3v) is 8.66. The number of Topliss-reactive ketones (excluding diaryl/α,β-unsaturated/α-hetero) is 1. The number of carbonyl (C=O) groups excluding carboxylic acids is 2. The maximum absolute atomic E-state index is 13.5. The largest absolute Gasteiger partial charge is 0.371 e. The van der Waals surface area contributed by atoms with Gasteiger partial charge in [-0.15, -0.1) is 0 Å². The summed E-state index contributed by atoms with van der Waals surface area (Å²) >= 11 is 0. The zero-order valence-electron chi connectivity index (χ0n) is 25.1. The zero-order chi connectivity index (χ0) is 31.1. The van der Waals surface area contributed by atoms with Crippen LogP contribution in [0.5, 0.6) is 0 Å². The summed E-state index contributed by atoms with van der Waals surface area (Å²) in [6, 6.07) is 19.8. The number of aryl methyl sites for hydroxylation is 1. The molecule has 0 aliphatic carbocycles. The summed E-state index contributed by atoms with van der Waals surface area (Å²) in [5.41, 5.74) is 6.93. The Morgan fingerprint density at radius 3 is 2.20 bits per heavy atom. The van der Waals surface area contributed by atoms with Gasteiger partial charge in [-0.25, -0.2) is 23.8 Å². The molecule has 2 aromatic carbocycles. The number of hydrogen-bond acceptors (Lipinski definition) is 7. The van der Waals surface area contributed by atoms with Crippen molar-refractivity contribution in [3.63, 3.8) is 0 Å². The Morgan fingerprint density at radius 1 is 0.733 bits per heavy atom. The second kappa shape index (κ2) is 11.5. The normalized spacial score (nSPS) is 15.3. The molecule has 0 bridgehead atoms. The summed E-state index contributed by atoms with van der Waals surface area (Å²) in [5.74, 6) is 0.917. The van der Waals surface area contributed by atoms with Crippen LogP contribution in [0.2, 0.25) is 0 Å². The van der Waals surface area contributed by atoms with E-state index in [1.165, 1.54) is 15.6 Å². The molecule has 2 fully saturated rings. The number of piperidine rings is 1. The third kappa shape index (κ3) is 5.16. The summed E-state index contributed by atoms with van der Waals surface area (Å²) in [4.78, 5) is 52.6. The fraction of sp³-hybridized carbons (Fsp3) is 0.235. The molecule has 0 N–H and O–H groups in total. The molecule has 2 saturated heterocycles. The highest BCUT2D eigenvalue weighted by Gasteiger charge is 2.33. The van der Waals surface area contributed by atoms with E-state index in [-0.39, 0.29) is 11.7 Å². The van der Waals surface area contributed by atoms with Gasteiger partial charge in [-0.1, -0.05) is 18.2 Å². The van der Waals surface area contributed by atoms with Crippen LogP contribution in [0.1, 0.15) is 18.4 Å². The molecule has 5 heterocycles. The number of rotatable bonds is 6. The highest BCUT2D eigenvalue weighted by atomic mass is 16.2. The number of ketones is 1. The Bertz CT molecular complexity index is 1960. The van der Waals surface area contributed by atoms with Crippen molar-refractivity contribution < 1.29 is 9.59 Å². The van der Waals surface area contributed by atoms with Gasteiger partial charge in [0, 0.05) is 64.1 Å². The van der Waals surface area contributed by atoms with E-state index in [0.717, 1.165) is 52.3 Å². The van der Waals surface area contributed by atoms with Crippen molar-refractivity contribution in [2.45, 2.75) is 19.8 Å². The quantitative estimate of drug-likeness (QED) is 0.280. The molecule has 45 heavy (non-hydrogen) atoms. The summed E-state index contributed by atoms with van der Waals surface area (Å²) in [7, 11) is 1.62. The number of anilines is 3. The number of carbonyl (C=O) groups is 2. The van der Waals surface area contributed by atoms with Gasteiger partial charge in [-0.3, -0.25) is 19.6 Å². The van der Waals surface area contributed by atoms with Gasteiger partial charge in [0.2, 0.25) is 0 Å². The van der Waals surface area contributed by atoms with E-state index < -0.39 is 0 Å². The van der Waals surface area contributed by atoms with Gasteiger partial charge in [-0.2, -0.15) is 5.10 Å². The minimum Gasteiger partial charge on any atom is -0.371 e. The first-order valence-electron chi connectivity index (χ1n) is 15.0. The van der Waals surface area contributed by atoms with Crippen LogP contribution in [0, 0.1) is 6.92 Å². The van der Waals surface area contributed by atoms with Crippen LogP contribution in [0.4, 0.5) is 22.0 Å². The van der Waals surface area contributed by atoms with Crippen molar-refractivity contribution in [3.05, 3.63) is 102 Å². The van der Waals surface area contributed by atoms with Gasteiger partial charge in [0.25, 0.3) is 0 Å². The Balaban J connectivity index is 1.29. The van der Waals surface area contributed by atoms with Gasteiger partial charge in [0.1, 0.15) is 17.9 Å². The van der Waals surface area contributed by atoms with E-state index >= 15 is 0 Å². The minimum atomic E-state index is -0.239. The number of aromatic nitrogens is 5. The van der Waals surface area contributed by atoms with Gasteiger partial charge in [-0.05, 0) is 77.2 Å². The van der Waals surface area contributed by atoms with Crippen molar-refractivity contribution in [1.82, 2.24) is 24.3 Å². The lowest BCUT2D eigenvalue weighted by Gasteiger charge is -2.28. The first-order valence-corrected chi connectivity index (χ1v) is 15.0. The fourth-order valence-electron chi connectivity index (χ4n) is 6.16. The predicted molar refractivity (Wildman–Crippen MR) is 173 cm³/mol. The number of amides is 2. The molecule has 3 aromatic heterocycles. The molecule has 0 unspecified atom stereocenters. The van der Waals surface area contributed by atoms with Gasteiger partial charge < -0.3 is 4.90 Å². The van der Waals surface area contributed by atoms with E-state index in [9.17, 15) is 14.4 Å². The molecule has 7 rings (SSSR count). The van der Waals surface area contributed by atoms with E-state index in [0.29, 0.717) is 43.2 Å². The standard InChI is InChI=1S/C34H32N8O3/c1-23-29(11-15-36-32(23)41-19-18-40(34(41)45)27-4-3-14-35-21-27)30-10-9-26(42-22-37-38(2)33(42)44)20-31(30)24-5-7-25(8-6-24)39-16-12-28(43)13-17-39/h3-11,14-15,20-22H,12-13,16-19H2,1-2H3. The van der Waals surface area contributed by atoms with Crippen LogP contribution >= 0.6 is 0 Å². The second-order valence-electron chi connectivity index (χ2n) is 11.3. The Hall–Kier alpha value is -5.58. The average molecular weight is 601 g/mol. The SMILES string of the molecule is Cc1c(-c2ccc(-n3cnn(C)c3=O)cc2-c2ccc(N3CCC(=O)CC3)cc2)ccnc1N1CCN(c2cccnc2)C1=O. The highest BCUT2D eigenvalue weighted by Crippen LogP contribution is 2.39. The Morgan fingerprint density at radius 2 is 1.49 bits per heavy atom. The minimum absolute atomic E-state index is 0.141. The highest BCUT2D eigenvalue weighted by molar-refractivity contribution is 6.06. The molecular formula is C34H32N8O3. The molecular weight excluding hydrogens is 568 g/mol. The number of hydrogen-bond donors (Lipinski definition) is 0. The predicted octanol–water partition coefficient (Wildman–Crippen LogP) is 4.62. The third-order valence-electron chi connectivity index (χ3n) is 8.66. The summed E-state index contributed by atoms with van der Waals surface area (Å²) in [6.45, 7) is 4.46. The van der Waals surface area contributed by atoms with E-state index in [4.69, 9.17) is 0 Å². The van der Waals surface area contributed by atoms with Gasteiger partial charge >= 0.3 is 11.7 Å². The summed E-state index contributed by atoms with van der Waals surface area (Å²) in [6.07, 6.45) is 7.77. The molecule has 2 aliphatic heterocycles. The van der Waals surface area contributed by atoms with Crippen molar-refractivity contribution >= 4 is 29.0 Å². The van der Waals surface area contributed by atoms with Crippen molar-refractivity contribution in [1.29, 1.82) is 0 Å². The lowest BCUT2D eigenvalue weighted by molar-refractivity contribution is -0.119. The van der Waals surface area contributed by atoms with E-state index in [1.807, 2.05) is 43.3 Å². The molecule has 5 aromatic rings. The van der Waals surface area contributed by atoms with Crippen LogP contribution in [0.25, 0.3) is 27.9 Å². The first-order chi connectivity index (χ1) is 21.9. The summed E-state index contributed by atoms with van der Waals surface area (Å²) in [5, 5.41) is 4.13. The number of urea groups is 1. The smallest absolute Gasteiger partial charge is 0.350 e. The monoisotopic (exact) mass is 600 g/mol. The molecule has 11 nitrogen and oxygen atoms in total. The van der Waals surface area contributed by atoms with Crippen molar-refractivity contribution in [3.8, 4) is 27.9 Å². The van der Waals surface area contributed by atoms with Crippen molar-refractivity contribution in [2.24, 2.45) is 7.05 Å². The van der Waals surface area contributed by atoms with Crippen LogP contribution in [-0.4, -0.2) is 62.3 Å². The van der Waals surface area contributed by atoms with Crippen molar-refractivity contribution in [2.75, 3.05) is 40.9 Å². The van der Waals surface area contributed by atoms with Crippen LogP contribution in [0.3, 0.4) is 0 Å². The lowest BCUT2D eigenvalue weighted by atomic mass is 9.91. The second-order valence-corrected chi connectivity index (χ2v) is 11.3. The number of pyridine rings is 2.